The fourth-order valence-corrected chi connectivity index (χ4v) is 3.41. The third-order valence-corrected chi connectivity index (χ3v) is 4.76. The minimum Gasteiger partial charge on any atom is -0.393 e. The Balaban J connectivity index is 1.69. The maximum Gasteiger partial charge on any atom is 0.161 e. The summed E-state index contributed by atoms with van der Waals surface area (Å²) in [6.45, 7) is 2.40. The Morgan fingerprint density at radius 3 is 2.85 bits per heavy atom. The van der Waals surface area contributed by atoms with Gasteiger partial charge in [0.25, 0.3) is 0 Å². The Labute approximate surface area is 158 Å². The van der Waals surface area contributed by atoms with Gasteiger partial charge in [0, 0.05) is 23.5 Å². The number of nitrogen functional groups attached to an aromatic ring is 1. The van der Waals surface area contributed by atoms with Gasteiger partial charge in [-0.15, -0.1) is 0 Å². The highest BCUT2D eigenvalue weighted by Crippen LogP contribution is 2.37. The normalized spacial score (nSPS) is 13.1. The second-order valence-corrected chi connectivity index (χ2v) is 6.61. The molecule has 0 atom stereocenters. The van der Waals surface area contributed by atoms with Gasteiger partial charge >= 0.3 is 0 Å². The zero-order valence-electron chi connectivity index (χ0n) is 15.1. The predicted molar refractivity (Wildman–Crippen MR) is 108 cm³/mol. The van der Waals surface area contributed by atoms with E-state index in [9.17, 15) is 4.79 Å². The minimum atomic E-state index is 0.0138. The number of hydrogen-bond donors (Lipinski definition) is 2. The van der Waals surface area contributed by atoms with Crippen LogP contribution in [0, 0.1) is 0 Å². The number of fused-ring (bicyclic) bond motifs is 1. The third kappa shape index (κ3) is 3.33. The summed E-state index contributed by atoms with van der Waals surface area (Å²) < 4.78 is 0. The van der Waals surface area contributed by atoms with E-state index in [2.05, 4.69) is 38.4 Å². The highest BCUT2D eigenvalue weighted by molar-refractivity contribution is 5.95. The lowest BCUT2D eigenvalue weighted by Crippen LogP contribution is -2.26. The molecule has 0 fully saturated rings. The first-order valence-corrected chi connectivity index (χ1v) is 8.97. The van der Waals surface area contributed by atoms with Crippen molar-refractivity contribution in [1.82, 2.24) is 9.97 Å². The molecular weight excluding hydrogens is 338 g/mol. The Bertz CT molecular complexity index is 1000. The summed E-state index contributed by atoms with van der Waals surface area (Å²) >= 11 is 0. The first-order valence-electron chi connectivity index (χ1n) is 8.97. The number of anilines is 5. The van der Waals surface area contributed by atoms with Gasteiger partial charge in [-0.25, -0.2) is 9.97 Å². The number of ketones is 1. The maximum absolute atomic E-state index is 11.6. The van der Waals surface area contributed by atoms with Crippen LogP contribution in [0.25, 0.3) is 0 Å². The van der Waals surface area contributed by atoms with Gasteiger partial charge in [-0.3, -0.25) is 4.79 Å². The van der Waals surface area contributed by atoms with Crippen molar-refractivity contribution in [3.8, 4) is 0 Å². The molecular formula is C21H21N5O. The number of para-hydroxylation sites is 1. The first-order chi connectivity index (χ1) is 13.1. The molecule has 2 heterocycles. The molecule has 2 aromatic carbocycles. The lowest BCUT2D eigenvalue weighted by molar-refractivity contribution is 0.101. The fourth-order valence-electron chi connectivity index (χ4n) is 3.41. The summed E-state index contributed by atoms with van der Waals surface area (Å²) in [6.07, 6.45) is 3.62. The summed E-state index contributed by atoms with van der Waals surface area (Å²) in [5.74, 6) is 1.24. The Kier molecular flexibility index (Phi) is 4.46. The van der Waals surface area contributed by atoms with Gasteiger partial charge in [-0.1, -0.05) is 30.3 Å². The summed E-state index contributed by atoms with van der Waals surface area (Å²) in [5.41, 5.74) is 10.7. The van der Waals surface area contributed by atoms with Crippen LogP contribution in [-0.4, -0.2) is 22.3 Å². The van der Waals surface area contributed by atoms with Crippen LogP contribution in [0.3, 0.4) is 0 Å². The van der Waals surface area contributed by atoms with Crippen molar-refractivity contribution in [2.75, 3.05) is 22.5 Å². The Hall–Kier alpha value is -3.41. The number of Topliss-reactive ketones (excluding diaryl/α,β-unsaturated/α-hetero) is 1. The number of aromatic nitrogens is 2. The van der Waals surface area contributed by atoms with Crippen molar-refractivity contribution >= 4 is 34.5 Å². The molecule has 0 radical (unpaired) electrons. The molecule has 3 N–H and O–H groups in total. The predicted octanol–water partition coefficient (Wildman–Crippen LogP) is 4.09. The molecule has 0 spiro atoms. The van der Waals surface area contributed by atoms with E-state index in [1.54, 1.807) is 19.1 Å². The maximum atomic E-state index is 11.6. The number of nitrogens with one attached hydrogen (secondary N) is 1. The first kappa shape index (κ1) is 17.0. The van der Waals surface area contributed by atoms with Crippen molar-refractivity contribution < 1.29 is 4.79 Å². The van der Waals surface area contributed by atoms with Crippen molar-refractivity contribution in [2.24, 2.45) is 0 Å². The van der Waals surface area contributed by atoms with E-state index in [-0.39, 0.29) is 5.78 Å². The van der Waals surface area contributed by atoms with Crippen LogP contribution >= 0.6 is 0 Å². The standard InChI is InChI=1S/C21H21N5O/c1-14(27)16-7-4-9-17(12-16)25-20-19(22)21(24-13-23-20)26-11-5-8-15-6-2-3-10-18(15)26/h2-4,6-7,9-10,12-13H,5,8,11,22H2,1H3,(H,23,24,25). The molecule has 1 aliphatic heterocycles. The fraction of sp³-hybridized carbons (Fsp3) is 0.190. The SMILES string of the molecule is CC(=O)c1cccc(Nc2ncnc(N3CCCc4ccccc43)c2N)c1. The zero-order chi connectivity index (χ0) is 18.8. The topological polar surface area (TPSA) is 84.1 Å². The van der Waals surface area contributed by atoms with E-state index < -0.39 is 0 Å². The van der Waals surface area contributed by atoms with Crippen LogP contribution in [0.15, 0.2) is 54.9 Å². The van der Waals surface area contributed by atoms with Crippen LogP contribution in [-0.2, 0) is 6.42 Å². The van der Waals surface area contributed by atoms with Crippen LogP contribution in [0.1, 0.15) is 29.3 Å². The number of aryl methyl sites for hydroxylation is 1. The molecule has 4 rings (SSSR count). The van der Waals surface area contributed by atoms with Crippen molar-refractivity contribution in [2.45, 2.75) is 19.8 Å². The van der Waals surface area contributed by atoms with Gasteiger partial charge in [-0.05, 0) is 43.5 Å². The van der Waals surface area contributed by atoms with Gasteiger partial charge in [0.05, 0.1) is 0 Å². The molecule has 0 saturated heterocycles. The highest BCUT2D eigenvalue weighted by Gasteiger charge is 2.22. The molecule has 0 unspecified atom stereocenters. The van der Waals surface area contributed by atoms with Crippen LogP contribution in [0.2, 0.25) is 0 Å². The van der Waals surface area contributed by atoms with Gasteiger partial charge in [0.15, 0.2) is 17.4 Å². The van der Waals surface area contributed by atoms with E-state index in [1.165, 1.54) is 11.9 Å². The molecule has 6 heteroatoms. The monoisotopic (exact) mass is 359 g/mol. The molecule has 0 aliphatic carbocycles. The second kappa shape index (κ2) is 7.07. The number of hydrogen-bond acceptors (Lipinski definition) is 6. The third-order valence-electron chi connectivity index (χ3n) is 4.76. The largest absolute Gasteiger partial charge is 0.393 e. The molecule has 27 heavy (non-hydrogen) atoms. The van der Waals surface area contributed by atoms with E-state index >= 15 is 0 Å². The number of rotatable bonds is 4. The molecule has 3 aromatic rings. The van der Waals surface area contributed by atoms with Gasteiger partial charge < -0.3 is 16.0 Å². The molecule has 1 aliphatic rings. The van der Waals surface area contributed by atoms with Gasteiger partial charge in [0.2, 0.25) is 0 Å². The lowest BCUT2D eigenvalue weighted by atomic mass is 10.0. The quantitative estimate of drug-likeness (QED) is 0.683. The average molecular weight is 359 g/mol. The summed E-state index contributed by atoms with van der Waals surface area (Å²) in [4.78, 5) is 22.5. The molecule has 136 valence electrons. The number of nitrogens with two attached hydrogens (primary N) is 1. The van der Waals surface area contributed by atoms with Crippen molar-refractivity contribution in [1.29, 1.82) is 0 Å². The highest BCUT2D eigenvalue weighted by atomic mass is 16.1. The number of benzene rings is 2. The van der Waals surface area contributed by atoms with Crippen molar-refractivity contribution in [3.05, 3.63) is 66.0 Å². The molecule has 1 aromatic heterocycles. The Morgan fingerprint density at radius 1 is 1.15 bits per heavy atom. The average Bonchev–Trinajstić information content (AvgIpc) is 2.69. The summed E-state index contributed by atoms with van der Waals surface area (Å²) in [7, 11) is 0. The van der Waals surface area contributed by atoms with Gasteiger partial charge in [0.1, 0.15) is 12.0 Å². The van der Waals surface area contributed by atoms with Crippen LogP contribution in [0.5, 0.6) is 0 Å². The lowest BCUT2D eigenvalue weighted by Gasteiger charge is -2.31. The molecule has 6 nitrogen and oxygen atoms in total. The van der Waals surface area contributed by atoms with Crippen LogP contribution in [0.4, 0.5) is 28.7 Å². The smallest absolute Gasteiger partial charge is 0.161 e. The molecule has 0 bridgehead atoms. The minimum absolute atomic E-state index is 0.0138. The molecule has 0 amide bonds. The zero-order valence-corrected chi connectivity index (χ0v) is 15.1. The van der Waals surface area contributed by atoms with E-state index in [4.69, 9.17) is 5.73 Å². The van der Waals surface area contributed by atoms with Gasteiger partial charge in [-0.2, -0.15) is 0 Å². The number of carbonyl (C=O) groups is 1. The summed E-state index contributed by atoms with van der Waals surface area (Å²) in [5, 5.41) is 3.22. The summed E-state index contributed by atoms with van der Waals surface area (Å²) in [6, 6.07) is 15.6. The molecule has 0 saturated carbocycles. The van der Waals surface area contributed by atoms with E-state index in [0.29, 0.717) is 22.9 Å². The van der Waals surface area contributed by atoms with E-state index in [1.807, 2.05) is 18.2 Å². The number of carbonyl (C=O) groups excluding carboxylic acids is 1. The van der Waals surface area contributed by atoms with E-state index in [0.717, 1.165) is 30.8 Å². The second-order valence-electron chi connectivity index (χ2n) is 6.61. The van der Waals surface area contributed by atoms with Crippen molar-refractivity contribution in [3.63, 3.8) is 0 Å². The number of nitrogens with zero attached hydrogens (tertiary/aromatic N) is 3. The van der Waals surface area contributed by atoms with Crippen LogP contribution < -0.4 is 16.0 Å². The Morgan fingerprint density at radius 2 is 2.00 bits per heavy atom.